The van der Waals surface area contributed by atoms with E-state index in [2.05, 4.69) is 10.6 Å². The van der Waals surface area contributed by atoms with E-state index in [4.69, 9.17) is 9.47 Å². The number of benzene rings is 1. The molecule has 0 aliphatic rings. The van der Waals surface area contributed by atoms with Gasteiger partial charge in [0.2, 0.25) is 5.91 Å². The minimum Gasteiger partial charge on any atom is -0.462 e. The van der Waals surface area contributed by atoms with Crippen molar-refractivity contribution in [2.45, 2.75) is 59.6 Å². The molecule has 1 aromatic carbocycles. The van der Waals surface area contributed by atoms with Gasteiger partial charge in [0.15, 0.2) is 0 Å². The highest BCUT2D eigenvalue weighted by molar-refractivity contribution is 6.03. The van der Waals surface area contributed by atoms with Gasteiger partial charge < -0.3 is 20.1 Å². The first-order valence-corrected chi connectivity index (χ1v) is 9.15. The molecule has 1 rings (SSSR count). The normalized spacial score (nSPS) is 13.3. The highest BCUT2D eigenvalue weighted by Gasteiger charge is 2.29. The zero-order valence-electron chi connectivity index (χ0n) is 16.9. The molecule has 2 N–H and O–H groups in total. The molecular formula is C20H30N2O5. The van der Waals surface area contributed by atoms with E-state index in [0.29, 0.717) is 12.1 Å². The van der Waals surface area contributed by atoms with Crippen LogP contribution in [0.15, 0.2) is 24.3 Å². The van der Waals surface area contributed by atoms with E-state index < -0.39 is 29.6 Å². The van der Waals surface area contributed by atoms with Crippen molar-refractivity contribution in [3.05, 3.63) is 29.8 Å². The summed E-state index contributed by atoms with van der Waals surface area (Å²) in [5.41, 5.74) is -0.0787. The Hall–Kier alpha value is -2.57. The molecule has 150 valence electrons. The summed E-state index contributed by atoms with van der Waals surface area (Å²) in [6.07, 6.45) is 0.00886. The largest absolute Gasteiger partial charge is 0.462 e. The number of rotatable bonds is 7. The van der Waals surface area contributed by atoms with Gasteiger partial charge >= 0.3 is 12.1 Å². The number of esters is 1. The standard InChI is InChI=1S/C20H30N2O5/c1-7-13(3)16(22-19(25)27-20(4,5)6)17(23)21-15-12-10-9-11-14(15)18(24)26-8-2/h9-13,16H,7-8H2,1-6H3,(H,21,23)(H,22,25). The third-order valence-corrected chi connectivity index (χ3v) is 3.85. The van der Waals surface area contributed by atoms with Gasteiger partial charge in [0, 0.05) is 0 Å². The Morgan fingerprint density at radius 3 is 2.30 bits per heavy atom. The van der Waals surface area contributed by atoms with Gasteiger partial charge in [-0.05, 0) is 45.7 Å². The highest BCUT2D eigenvalue weighted by Crippen LogP contribution is 2.18. The second-order valence-electron chi connectivity index (χ2n) is 7.26. The van der Waals surface area contributed by atoms with Crippen molar-refractivity contribution in [3.63, 3.8) is 0 Å². The van der Waals surface area contributed by atoms with Gasteiger partial charge in [-0.25, -0.2) is 9.59 Å². The van der Waals surface area contributed by atoms with Crippen molar-refractivity contribution in [1.29, 1.82) is 0 Å². The summed E-state index contributed by atoms with van der Waals surface area (Å²) in [6, 6.07) is 5.78. The van der Waals surface area contributed by atoms with Gasteiger partial charge in [-0.1, -0.05) is 32.4 Å². The minimum absolute atomic E-state index is 0.132. The van der Waals surface area contributed by atoms with Crippen molar-refractivity contribution in [1.82, 2.24) is 5.32 Å². The molecule has 0 aliphatic carbocycles. The molecule has 2 amide bonds. The summed E-state index contributed by atoms with van der Waals surface area (Å²) in [5.74, 6) is -1.08. The highest BCUT2D eigenvalue weighted by atomic mass is 16.6. The molecule has 7 heteroatoms. The maximum Gasteiger partial charge on any atom is 0.408 e. The maximum atomic E-state index is 12.8. The Morgan fingerprint density at radius 1 is 1.11 bits per heavy atom. The molecule has 2 atom stereocenters. The predicted octanol–water partition coefficient (Wildman–Crippen LogP) is 3.74. The van der Waals surface area contributed by atoms with E-state index in [9.17, 15) is 14.4 Å². The lowest BCUT2D eigenvalue weighted by atomic mass is 9.98. The van der Waals surface area contributed by atoms with Crippen LogP contribution >= 0.6 is 0 Å². The van der Waals surface area contributed by atoms with Crippen LogP contribution in [0, 0.1) is 5.92 Å². The zero-order chi connectivity index (χ0) is 20.6. The number of para-hydroxylation sites is 1. The average Bonchev–Trinajstić information content (AvgIpc) is 2.58. The maximum absolute atomic E-state index is 12.8. The van der Waals surface area contributed by atoms with Crippen LogP contribution in [0.3, 0.4) is 0 Å². The predicted molar refractivity (Wildman–Crippen MR) is 104 cm³/mol. The lowest BCUT2D eigenvalue weighted by Crippen LogP contribution is -2.49. The van der Waals surface area contributed by atoms with E-state index in [-0.39, 0.29) is 18.1 Å². The fourth-order valence-corrected chi connectivity index (χ4v) is 2.33. The fourth-order valence-electron chi connectivity index (χ4n) is 2.33. The van der Waals surface area contributed by atoms with Crippen LogP contribution in [0.2, 0.25) is 0 Å². The van der Waals surface area contributed by atoms with E-state index in [1.165, 1.54) is 0 Å². The van der Waals surface area contributed by atoms with E-state index >= 15 is 0 Å². The summed E-state index contributed by atoms with van der Waals surface area (Å²) in [7, 11) is 0. The summed E-state index contributed by atoms with van der Waals surface area (Å²) in [5, 5.41) is 5.35. The molecule has 0 bridgehead atoms. The van der Waals surface area contributed by atoms with Crippen LogP contribution in [0.25, 0.3) is 0 Å². The number of hydrogen-bond donors (Lipinski definition) is 2. The van der Waals surface area contributed by atoms with Crippen LogP contribution < -0.4 is 10.6 Å². The van der Waals surface area contributed by atoms with Gasteiger partial charge in [0.05, 0.1) is 17.9 Å². The van der Waals surface area contributed by atoms with Gasteiger partial charge in [-0.2, -0.15) is 0 Å². The number of carbonyl (C=O) groups excluding carboxylic acids is 3. The number of ether oxygens (including phenoxy) is 2. The number of carbonyl (C=O) groups is 3. The molecule has 1 aromatic rings. The molecule has 27 heavy (non-hydrogen) atoms. The lowest BCUT2D eigenvalue weighted by molar-refractivity contribution is -0.119. The van der Waals surface area contributed by atoms with Crippen LogP contribution in [0.1, 0.15) is 58.3 Å². The van der Waals surface area contributed by atoms with Gasteiger partial charge in [0.1, 0.15) is 11.6 Å². The molecule has 0 radical (unpaired) electrons. The van der Waals surface area contributed by atoms with Crippen LogP contribution in [0.5, 0.6) is 0 Å². The third kappa shape index (κ3) is 7.29. The molecule has 0 spiro atoms. The van der Waals surface area contributed by atoms with Crippen molar-refractivity contribution in [3.8, 4) is 0 Å². The number of anilines is 1. The fraction of sp³-hybridized carbons (Fsp3) is 0.550. The van der Waals surface area contributed by atoms with Gasteiger partial charge in [-0.3, -0.25) is 4.79 Å². The Balaban J connectivity index is 2.98. The molecule has 0 aromatic heterocycles. The second-order valence-corrected chi connectivity index (χ2v) is 7.26. The van der Waals surface area contributed by atoms with Crippen molar-refractivity contribution >= 4 is 23.7 Å². The van der Waals surface area contributed by atoms with Crippen LogP contribution in [-0.2, 0) is 14.3 Å². The van der Waals surface area contributed by atoms with Crippen molar-refractivity contribution in [2.75, 3.05) is 11.9 Å². The summed E-state index contributed by atoms with van der Waals surface area (Å²) >= 11 is 0. The average molecular weight is 378 g/mol. The summed E-state index contributed by atoms with van der Waals surface area (Å²) in [6.45, 7) is 11.0. The number of amides is 2. The molecule has 0 saturated heterocycles. The van der Waals surface area contributed by atoms with Crippen molar-refractivity contribution in [2.24, 2.45) is 5.92 Å². The quantitative estimate of drug-likeness (QED) is 0.705. The summed E-state index contributed by atoms with van der Waals surface area (Å²) in [4.78, 5) is 37.0. The first kappa shape index (κ1) is 22.5. The second kappa shape index (κ2) is 9.94. The smallest absolute Gasteiger partial charge is 0.408 e. The number of nitrogens with one attached hydrogen (secondary N) is 2. The molecular weight excluding hydrogens is 348 g/mol. The first-order chi connectivity index (χ1) is 12.6. The molecule has 0 heterocycles. The molecule has 0 saturated carbocycles. The molecule has 0 aliphatic heterocycles. The first-order valence-electron chi connectivity index (χ1n) is 9.15. The third-order valence-electron chi connectivity index (χ3n) is 3.85. The lowest BCUT2D eigenvalue weighted by Gasteiger charge is -2.26. The molecule has 7 nitrogen and oxygen atoms in total. The Kier molecular flexibility index (Phi) is 8.28. The monoisotopic (exact) mass is 378 g/mol. The van der Waals surface area contributed by atoms with Gasteiger partial charge in [-0.15, -0.1) is 0 Å². The molecule has 0 fully saturated rings. The topological polar surface area (TPSA) is 93.7 Å². The summed E-state index contributed by atoms with van der Waals surface area (Å²) < 4.78 is 10.3. The number of hydrogen-bond acceptors (Lipinski definition) is 5. The number of alkyl carbamates (subject to hydrolysis) is 1. The van der Waals surface area contributed by atoms with Crippen molar-refractivity contribution < 1.29 is 23.9 Å². The van der Waals surface area contributed by atoms with E-state index in [1.54, 1.807) is 52.0 Å². The van der Waals surface area contributed by atoms with Gasteiger partial charge in [0.25, 0.3) is 0 Å². The Labute approximate surface area is 160 Å². The molecule has 2 unspecified atom stereocenters. The minimum atomic E-state index is -0.805. The van der Waals surface area contributed by atoms with Crippen LogP contribution in [-0.4, -0.2) is 36.2 Å². The SMILES string of the molecule is CCOC(=O)c1ccccc1NC(=O)C(NC(=O)OC(C)(C)C)C(C)CC. The zero-order valence-corrected chi connectivity index (χ0v) is 16.9. The Bertz CT molecular complexity index is 667. The van der Waals surface area contributed by atoms with E-state index in [1.807, 2.05) is 13.8 Å². The van der Waals surface area contributed by atoms with E-state index in [0.717, 1.165) is 0 Å². The Morgan fingerprint density at radius 2 is 1.74 bits per heavy atom. The van der Waals surface area contributed by atoms with Crippen LogP contribution in [0.4, 0.5) is 10.5 Å².